The number of hydrogen-bond donors (Lipinski definition) is 1. The zero-order chi connectivity index (χ0) is 33.3. The molecule has 2 heterocycles. The summed E-state index contributed by atoms with van der Waals surface area (Å²) in [5, 5.41) is 11.8. The number of aldehydes is 1. The second kappa shape index (κ2) is 12.7. The molecule has 1 N–H and O–H groups in total. The van der Waals surface area contributed by atoms with E-state index in [0.29, 0.717) is 34.2 Å². The van der Waals surface area contributed by atoms with E-state index in [4.69, 9.17) is 4.74 Å². The van der Waals surface area contributed by atoms with Crippen LogP contribution in [0.25, 0.3) is 16.6 Å². The predicted octanol–water partition coefficient (Wildman–Crippen LogP) is 8.49. The highest BCUT2D eigenvalue weighted by atomic mass is 32.1. The highest BCUT2D eigenvalue weighted by Crippen LogP contribution is 2.45. The first kappa shape index (κ1) is 32.9. The number of aryl methyl sites for hydroxylation is 1. The van der Waals surface area contributed by atoms with Gasteiger partial charge in [-0.2, -0.15) is 8.75 Å². The third-order valence-corrected chi connectivity index (χ3v) is 8.81. The lowest BCUT2D eigenvalue weighted by molar-refractivity contribution is -0.185. The fourth-order valence-corrected chi connectivity index (χ4v) is 5.90. The number of aromatic nitrogens is 2. The summed E-state index contributed by atoms with van der Waals surface area (Å²) in [5.74, 6) is -2.40. The van der Waals surface area contributed by atoms with Gasteiger partial charge < -0.3 is 9.84 Å². The third kappa shape index (κ3) is 7.01. The number of nitrogens with zero attached hydrogens (tertiary/aromatic N) is 2. The lowest BCUT2D eigenvalue weighted by Crippen LogP contribution is -2.29. The molecule has 7 heteroatoms. The zero-order valence-corrected chi connectivity index (χ0v) is 28.2. The number of ether oxygens (including phenoxy) is 1. The van der Waals surface area contributed by atoms with Crippen LogP contribution in [0.2, 0.25) is 0 Å². The maximum absolute atomic E-state index is 13.2. The van der Waals surface area contributed by atoms with Crippen molar-refractivity contribution >= 4 is 40.6 Å². The number of hydrogen-bond acceptors (Lipinski definition) is 7. The van der Waals surface area contributed by atoms with Crippen molar-refractivity contribution in [2.75, 3.05) is 0 Å². The summed E-state index contributed by atoms with van der Waals surface area (Å²) in [6.45, 7) is 15.0. The Balaban J connectivity index is 0.000000293. The van der Waals surface area contributed by atoms with Gasteiger partial charge in [-0.05, 0) is 52.1 Å². The van der Waals surface area contributed by atoms with Gasteiger partial charge in [0, 0.05) is 23.1 Å². The first-order valence-corrected chi connectivity index (χ1v) is 16.1. The first-order valence-electron chi connectivity index (χ1n) is 15.3. The van der Waals surface area contributed by atoms with E-state index in [9.17, 15) is 14.7 Å². The van der Waals surface area contributed by atoms with Gasteiger partial charge in [-0.3, -0.25) is 4.79 Å². The Labute approximate surface area is 275 Å². The molecule has 1 unspecified atom stereocenters. The van der Waals surface area contributed by atoms with Crippen LogP contribution in [0.3, 0.4) is 0 Å². The van der Waals surface area contributed by atoms with Gasteiger partial charge in [-0.25, -0.2) is 4.79 Å². The molecule has 5 aromatic rings. The summed E-state index contributed by atoms with van der Waals surface area (Å²) >= 11 is 1.13. The van der Waals surface area contributed by atoms with E-state index in [1.165, 1.54) is 11.1 Å². The SMILES string of the molecule is CC(C)(C)c1ccc(C=O)cc1.Cc1ccc(C2(O)OC(=O)C(c3ccc4nsnc4c3)=C2Cc2ccc(C(C)(C)C)cc2)cc1. The van der Waals surface area contributed by atoms with E-state index in [-0.39, 0.29) is 10.8 Å². The lowest BCUT2D eigenvalue weighted by atomic mass is 9.84. The Bertz CT molecular complexity index is 1890. The van der Waals surface area contributed by atoms with E-state index >= 15 is 0 Å². The highest BCUT2D eigenvalue weighted by molar-refractivity contribution is 7.00. The molecule has 0 saturated carbocycles. The molecule has 0 spiro atoms. The molecule has 46 heavy (non-hydrogen) atoms. The Morgan fingerprint density at radius 2 is 1.35 bits per heavy atom. The van der Waals surface area contributed by atoms with E-state index in [0.717, 1.165) is 40.2 Å². The molecular formula is C39H40N2O4S. The third-order valence-electron chi connectivity index (χ3n) is 8.25. The molecule has 4 aromatic carbocycles. The van der Waals surface area contributed by atoms with E-state index in [2.05, 4.69) is 74.6 Å². The Kier molecular flexibility index (Phi) is 9.12. The average molecular weight is 633 g/mol. The van der Waals surface area contributed by atoms with Crippen LogP contribution in [0, 0.1) is 6.92 Å². The van der Waals surface area contributed by atoms with Crippen LogP contribution < -0.4 is 0 Å². The van der Waals surface area contributed by atoms with Crippen LogP contribution in [0.1, 0.15) is 85.3 Å². The molecule has 6 rings (SSSR count). The summed E-state index contributed by atoms with van der Waals surface area (Å²) < 4.78 is 14.3. The molecule has 0 aliphatic carbocycles. The number of carbonyl (C=O) groups excluding carboxylic acids is 2. The summed E-state index contributed by atoms with van der Waals surface area (Å²) in [5.41, 5.74) is 9.03. The highest BCUT2D eigenvalue weighted by Gasteiger charge is 2.48. The maximum atomic E-state index is 13.2. The molecule has 1 aliphatic heterocycles. The number of rotatable bonds is 5. The van der Waals surface area contributed by atoms with Crippen LogP contribution in [0.5, 0.6) is 0 Å². The van der Waals surface area contributed by atoms with Crippen LogP contribution in [-0.2, 0) is 32.6 Å². The molecule has 1 aliphatic rings. The van der Waals surface area contributed by atoms with Gasteiger partial charge in [0.05, 0.1) is 17.3 Å². The van der Waals surface area contributed by atoms with E-state index in [1.54, 1.807) is 0 Å². The van der Waals surface area contributed by atoms with Crippen molar-refractivity contribution in [3.05, 3.63) is 136 Å². The molecule has 0 saturated heterocycles. The Morgan fingerprint density at radius 3 is 1.91 bits per heavy atom. The summed E-state index contributed by atoms with van der Waals surface area (Å²) in [6.07, 6.45) is 1.23. The zero-order valence-electron chi connectivity index (χ0n) is 27.4. The maximum Gasteiger partial charge on any atom is 0.342 e. The van der Waals surface area contributed by atoms with Crippen molar-refractivity contribution in [2.45, 2.75) is 71.5 Å². The van der Waals surface area contributed by atoms with Crippen molar-refractivity contribution in [1.82, 2.24) is 8.75 Å². The number of esters is 1. The monoisotopic (exact) mass is 632 g/mol. The fraction of sp³-hybridized carbons (Fsp3) is 0.282. The van der Waals surface area contributed by atoms with Crippen molar-refractivity contribution in [3.8, 4) is 0 Å². The number of cyclic esters (lactones) is 1. The first-order chi connectivity index (χ1) is 21.7. The van der Waals surface area contributed by atoms with Gasteiger partial charge in [0.15, 0.2) is 0 Å². The molecule has 1 aromatic heterocycles. The topological polar surface area (TPSA) is 89.4 Å². The average Bonchev–Trinajstić information content (AvgIpc) is 3.58. The van der Waals surface area contributed by atoms with Crippen LogP contribution >= 0.6 is 11.7 Å². The van der Waals surface area contributed by atoms with Gasteiger partial charge in [0.2, 0.25) is 0 Å². The molecule has 0 radical (unpaired) electrons. The van der Waals surface area contributed by atoms with Crippen molar-refractivity contribution in [2.24, 2.45) is 0 Å². The molecule has 6 nitrogen and oxygen atoms in total. The largest absolute Gasteiger partial charge is 0.421 e. The smallest absolute Gasteiger partial charge is 0.342 e. The quantitative estimate of drug-likeness (QED) is 0.154. The fourth-order valence-electron chi connectivity index (χ4n) is 5.38. The van der Waals surface area contributed by atoms with E-state index < -0.39 is 11.8 Å². The number of fused-ring (bicyclic) bond motifs is 1. The minimum atomic E-state index is -1.85. The number of benzene rings is 4. The molecule has 1 atom stereocenters. The van der Waals surface area contributed by atoms with E-state index in [1.807, 2.05) is 73.7 Å². The molecule has 0 amide bonds. The molecule has 0 bridgehead atoms. The number of aliphatic hydroxyl groups is 1. The van der Waals surface area contributed by atoms with Crippen LogP contribution in [0.15, 0.2) is 96.6 Å². The van der Waals surface area contributed by atoms with Crippen molar-refractivity contribution < 1.29 is 19.4 Å². The van der Waals surface area contributed by atoms with Crippen molar-refractivity contribution in [1.29, 1.82) is 0 Å². The second-order valence-electron chi connectivity index (χ2n) is 13.8. The standard InChI is InChI=1S/C28H26N2O3S.C11H14O/c1-17-5-10-21(11-6-17)28(32)22(15-18-7-12-20(13-8-18)27(2,3)4)25(26(31)33-28)19-9-14-23-24(16-19)30-34-29-23;1-11(2,3)10-6-4-9(8-12)5-7-10/h5-14,16,32H,15H2,1-4H3;4-8H,1-3H3. The normalized spacial score (nSPS) is 16.7. The second-order valence-corrected chi connectivity index (χ2v) is 14.4. The van der Waals surface area contributed by atoms with Crippen molar-refractivity contribution in [3.63, 3.8) is 0 Å². The Hall–Kier alpha value is -4.46. The van der Waals surface area contributed by atoms with Gasteiger partial charge in [-0.15, -0.1) is 0 Å². The lowest BCUT2D eigenvalue weighted by Gasteiger charge is -2.26. The minimum absolute atomic E-state index is 0.0367. The van der Waals surface area contributed by atoms with Gasteiger partial charge in [0.25, 0.3) is 5.79 Å². The number of carbonyl (C=O) groups is 2. The van der Waals surface area contributed by atoms with Gasteiger partial charge >= 0.3 is 5.97 Å². The summed E-state index contributed by atoms with van der Waals surface area (Å²) in [6, 6.07) is 29.0. The molecular weight excluding hydrogens is 593 g/mol. The summed E-state index contributed by atoms with van der Waals surface area (Å²) in [7, 11) is 0. The van der Waals surface area contributed by atoms with Crippen LogP contribution in [-0.4, -0.2) is 26.1 Å². The molecule has 0 fully saturated rings. The predicted molar refractivity (Wildman–Crippen MR) is 185 cm³/mol. The van der Waals surface area contributed by atoms with Crippen LogP contribution in [0.4, 0.5) is 0 Å². The van der Waals surface area contributed by atoms with Gasteiger partial charge in [-0.1, -0.05) is 126 Å². The Morgan fingerprint density at radius 1 is 0.783 bits per heavy atom. The minimum Gasteiger partial charge on any atom is -0.421 e. The van der Waals surface area contributed by atoms with Gasteiger partial charge in [0.1, 0.15) is 17.3 Å². The molecule has 236 valence electrons. The summed E-state index contributed by atoms with van der Waals surface area (Å²) in [4.78, 5) is 23.6.